The van der Waals surface area contributed by atoms with Crippen molar-refractivity contribution in [2.24, 2.45) is 5.41 Å². The van der Waals surface area contributed by atoms with E-state index in [0.717, 1.165) is 36.1 Å². The van der Waals surface area contributed by atoms with Gasteiger partial charge in [0.1, 0.15) is 0 Å². The third-order valence-corrected chi connectivity index (χ3v) is 4.79. The van der Waals surface area contributed by atoms with Crippen molar-refractivity contribution < 1.29 is 4.79 Å². The standard InChI is InChI=1S/C13H16BrClN2O/c1-2-13(5-6-16-8-13)12(18)17-9-3-4-11(15)10(14)7-9/h3-4,7,16H,2,5-6,8H2,1H3,(H,17,18). The first-order chi connectivity index (χ1) is 8.57. The molecule has 3 nitrogen and oxygen atoms in total. The Morgan fingerprint density at radius 1 is 1.61 bits per heavy atom. The molecule has 1 fully saturated rings. The fourth-order valence-electron chi connectivity index (χ4n) is 2.24. The summed E-state index contributed by atoms with van der Waals surface area (Å²) in [5.74, 6) is 0.0872. The number of anilines is 1. The zero-order valence-corrected chi connectivity index (χ0v) is 12.6. The van der Waals surface area contributed by atoms with E-state index in [2.05, 4.69) is 33.5 Å². The molecule has 2 N–H and O–H groups in total. The van der Waals surface area contributed by atoms with Gasteiger partial charge in [0.2, 0.25) is 5.91 Å². The highest BCUT2D eigenvalue weighted by molar-refractivity contribution is 9.10. The molecule has 0 saturated carbocycles. The van der Waals surface area contributed by atoms with Crippen molar-refractivity contribution in [3.05, 3.63) is 27.7 Å². The van der Waals surface area contributed by atoms with E-state index in [1.807, 2.05) is 12.1 Å². The van der Waals surface area contributed by atoms with Crippen LogP contribution in [-0.2, 0) is 4.79 Å². The fourth-order valence-corrected chi connectivity index (χ4v) is 2.73. The minimum absolute atomic E-state index is 0.0872. The van der Waals surface area contributed by atoms with Gasteiger partial charge in [-0.1, -0.05) is 18.5 Å². The molecule has 0 aromatic heterocycles. The summed E-state index contributed by atoms with van der Waals surface area (Å²) in [6.07, 6.45) is 1.74. The maximum Gasteiger partial charge on any atom is 0.231 e. The number of hydrogen-bond donors (Lipinski definition) is 2. The first-order valence-electron chi connectivity index (χ1n) is 6.04. The van der Waals surface area contributed by atoms with E-state index in [0.29, 0.717) is 5.02 Å². The van der Waals surface area contributed by atoms with E-state index >= 15 is 0 Å². The largest absolute Gasteiger partial charge is 0.326 e. The van der Waals surface area contributed by atoms with Gasteiger partial charge in [0.15, 0.2) is 0 Å². The van der Waals surface area contributed by atoms with Crippen LogP contribution in [-0.4, -0.2) is 19.0 Å². The summed E-state index contributed by atoms with van der Waals surface area (Å²) in [4.78, 5) is 12.4. The highest BCUT2D eigenvalue weighted by atomic mass is 79.9. The van der Waals surface area contributed by atoms with Crippen LogP contribution < -0.4 is 10.6 Å². The molecule has 1 aliphatic rings. The van der Waals surface area contributed by atoms with Crippen molar-refractivity contribution in [3.8, 4) is 0 Å². The van der Waals surface area contributed by atoms with Crippen LogP contribution in [0.25, 0.3) is 0 Å². The average Bonchev–Trinajstić information content (AvgIpc) is 2.84. The minimum Gasteiger partial charge on any atom is -0.326 e. The number of benzene rings is 1. The Balaban J connectivity index is 2.13. The molecule has 0 spiro atoms. The lowest BCUT2D eigenvalue weighted by Gasteiger charge is -2.25. The molecule has 1 unspecified atom stereocenters. The molecule has 1 amide bonds. The van der Waals surface area contributed by atoms with Crippen LogP contribution in [0, 0.1) is 5.41 Å². The van der Waals surface area contributed by atoms with Gasteiger partial charge >= 0.3 is 0 Å². The molecule has 18 heavy (non-hydrogen) atoms. The molecule has 98 valence electrons. The molecule has 0 aliphatic carbocycles. The topological polar surface area (TPSA) is 41.1 Å². The van der Waals surface area contributed by atoms with E-state index in [1.54, 1.807) is 6.07 Å². The number of hydrogen-bond acceptors (Lipinski definition) is 2. The summed E-state index contributed by atoms with van der Waals surface area (Å²) in [7, 11) is 0. The van der Waals surface area contributed by atoms with Crippen LogP contribution in [0.5, 0.6) is 0 Å². The van der Waals surface area contributed by atoms with Gasteiger partial charge in [0.25, 0.3) is 0 Å². The van der Waals surface area contributed by atoms with Gasteiger partial charge in [0, 0.05) is 16.7 Å². The van der Waals surface area contributed by atoms with Crippen molar-refractivity contribution in [3.63, 3.8) is 0 Å². The van der Waals surface area contributed by atoms with Crippen LogP contribution in [0.4, 0.5) is 5.69 Å². The molecule has 1 heterocycles. The van der Waals surface area contributed by atoms with Crippen molar-refractivity contribution in [2.45, 2.75) is 19.8 Å². The normalized spacial score (nSPS) is 23.1. The second-order valence-electron chi connectivity index (χ2n) is 4.64. The fraction of sp³-hybridized carbons (Fsp3) is 0.462. The van der Waals surface area contributed by atoms with Crippen molar-refractivity contribution in [1.82, 2.24) is 5.32 Å². The van der Waals surface area contributed by atoms with Gasteiger partial charge in [-0.15, -0.1) is 0 Å². The predicted molar refractivity (Wildman–Crippen MR) is 78.0 cm³/mol. The Morgan fingerprint density at radius 3 is 2.94 bits per heavy atom. The van der Waals surface area contributed by atoms with Gasteiger partial charge in [-0.2, -0.15) is 0 Å². The number of amides is 1. The first-order valence-corrected chi connectivity index (χ1v) is 7.22. The lowest BCUT2D eigenvalue weighted by atomic mass is 9.83. The van der Waals surface area contributed by atoms with Gasteiger partial charge < -0.3 is 10.6 Å². The maximum absolute atomic E-state index is 12.4. The van der Waals surface area contributed by atoms with Crippen LogP contribution >= 0.6 is 27.5 Å². The molecule has 1 aliphatic heterocycles. The minimum atomic E-state index is -0.272. The van der Waals surface area contributed by atoms with Crippen LogP contribution in [0.3, 0.4) is 0 Å². The second-order valence-corrected chi connectivity index (χ2v) is 5.91. The molecule has 1 atom stereocenters. The van der Waals surface area contributed by atoms with Gasteiger partial charge in [0.05, 0.1) is 10.4 Å². The number of rotatable bonds is 3. The van der Waals surface area contributed by atoms with Crippen LogP contribution in [0.2, 0.25) is 5.02 Å². The van der Waals surface area contributed by atoms with Gasteiger partial charge in [-0.3, -0.25) is 4.79 Å². The van der Waals surface area contributed by atoms with Crippen molar-refractivity contribution in [2.75, 3.05) is 18.4 Å². The van der Waals surface area contributed by atoms with E-state index in [-0.39, 0.29) is 11.3 Å². The Hall–Kier alpha value is -0.580. The highest BCUT2D eigenvalue weighted by Gasteiger charge is 2.39. The monoisotopic (exact) mass is 330 g/mol. The van der Waals surface area contributed by atoms with E-state index < -0.39 is 0 Å². The van der Waals surface area contributed by atoms with E-state index in [9.17, 15) is 4.79 Å². The summed E-state index contributed by atoms with van der Waals surface area (Å²) >= 11 is 9.28. The summed E-state index contributed by atoms with van der Waals surface area (Å²) < 4.78 is 0.789. The van der Waals surface area contributed by atoms with Crippen molar-refractivity contribution in [1.29, 1.82) is 0 Å². The van der Waals surface area contributed by atoms with Crippen LogP contribution in [0.1, 0.15) is 19.8 Å². The Bertz CT molecular complexity index is 458. The van der Waals surface area contributed by atoms with E-state index in [4.69, 9.17) is 11.6 Å². The zero-order chi connectivity index (χ0) is 13.2. The molecule has 1 aromatic rings. The average molecular weight is 332 g/mol. The summed E-state index contributed by atoms with van der Waals surface area (Å²) in [6.45, 7) is 3.72. The SMILES string of the molecule is CCC1(C(=O)Nc2ccc(Cl)c(Br)c2)CCNC1. The number of carbonyl (C=O) groups is 1. The molecular weight excluding hydrogens is 316 g/mol. The summed E-state index contributed by atoms with van der Waals surface area (Å²) in [6, 6.07) is 5.41. The molecule has 0 radical (unpaired) electrons. The second kappa shape index (κ2) is 5.59. The molecular formula is C13H16BrClN2O. The number of carbonyl (C=O) groups excluding carboxylic acids is 1. The molecule has 5 heteroatoms. The predicted octanol–water partition coefficient (Wildman–Crippen LogP) is 3.43. The number of halogens is 2. The van der Waals surface area contributed by atoms with E-state index in [1.165, 1.54) is 0 Å². The number of nitrogens with one attached hydrogen (secondary N) is 2. The third kappa shape index (κ3) is 2.71. The smallest absolute Gasteiger partial charge is 0.231 e. The molecule has 2 rings (SSSR count). The third-order valence-electron chi connectivity index (χ3n) is 3.58. The van der Waals surface area contributed by atoms with Gasteiger partial charge in [-0.25, -0.2) is 0 Å². The van der Waals surface area contributed by atoms with Crippen molar-refractivity contribution >= 4 is 39.1 Å². The molecule has 1 aromatic carbocycles. The molecule has 0 bridgehead atoms. The zero-order valence-electron chi connectivity index (χ0n) is 10.2. The Kier molecular flexibility index (Phi) is 4.30. The summed E-state index contributed by atoms with van der Waals surface area (Å²) in [5.41, 5.74) is 0.502. The lowest BCUT2D eigenvalue weighted by molar-refractivity contribution is -0.124. The Labute approximate surface area is 120 Å². The van der Waals surface area contributed by atoms with Gasteiger partial charge in [-0.05, 0) is 53.5 Å². The highest BCUT2D eigenvalue weighted by Crippen LogP contribution is 2.32. The van der Waals surface area contributed by atoms with Crippen LogP contribution in [0.15, 0.2) is 22.7 Å². The quantitative estimate of drug-likeness (QED) is 0.891. The summed E-state index contributed by atoms with van der Waals surface area (Å²) in [5, 5.41) is 6.88. The Morgan fingerprint density at radius 2 is 2.39 bits per heavy atom. The molecule has 1 saturated heterocycles. The first kappa shape index (κ1) is 13.8. The maximum atomic E-state index is 12.4. The lowest BCUT2D eigenvalue weighted by Crippen LogP contribution is -2.37.